The molecular weight excluding hydrogens is 319 g/mol. The summed E-state index contributed by atoms with van der Waals surface area (Å²) in [4.78, 5) is 18.2. The summed E-state index contributed by atoms with van der Waals surface area (Å²) in [6, 6.07) is 14.6. The Labute approximate surface area is 144 Å². The second-order valence-electron chi connectivity index (χ2n) is 5.55. The van der Waals surface area contributed by atoms with Crippen molar-refractivity contribution in [2.24, 2.45) is 0 Å². The number of benzene rings is 2. The first-order valence-corrected chi connectivity index (χ1v) is 7.64. The van der Waals surface area contributed by atoms with Crippen LogP contribution < -0.4 is 16.0 Å². The van der Waals surface area contributed by atoms with E-state index in [1.807, 2.05) is 6.07 Å². The zero-order chi connectivity index (χ0) is 17.8. The molecule has 1 amide bonds. The maximum atomic E-state index is 14.0. The van der Waals surface area contributed by atoms with Gasteiger partial charge in [0.25, 0.3) is 5.91 Å². The minimum atomic E-state index is -0.448. The Morgan fingerprint density at radius 1 is 1.12 bits per heavy atom. The van der Waals surface area contributed by atoms with Gasteiger partial charge in [-0.05, 0) is 48.5 Å². The fraction of sp³-hybridized carbons (Fsp3) is 0.0526. The second-order valence-corrected chi connectivity index (χ2v) is 5.55. The molecular formula is C19H17FN4O. The quantitative estimate of drug-likeness (QED) is 0.711. The molecule has 6 heteroatoms. The van der Waals surface area contributed by atoms with Crippen molar-refractivity contribution in [3.05, 3.63) is 78.4 Å². The molecule has 0 spiro atoms. The highest BCUT2D eigenvalue weighted by Crippen LogP contribution is 2.27. The molecule has 0 radical (unpaired) electrons. The van der Waals surface area contributed by atoms with Crippen molar-refractivity contribution in [3.8, 4) is 0 Å². The van der Waals surface area contributed by atoms with Gasteiger partial charge < -0.3 is 16.0 Å². The number of nitrogens with two attached hydrogens (primary N) is 1. The summed E-state index contributed by atoms with van der Waals surface area (Å²) in [5.41, 5.74) is 8.35. The second kappa shape index (κ2) is 7.00. The first kappa shape index (κ1) is 16.4. The predicted octanol–water partition coefficient (Wildman–Crippen LogP) is 3.82. The van der Waals surface area contributed by atoms with Crippen LogP contribution in [0, 0.1) is 5.82 Å². The summed E-state index contributed by atoms with van der Waals surface area (Å²) in [5.74, 6) is -0.802. The number of amides is 1. The number of hydrogen-bond donors (Lipinski definition) is 2. The van der Waals surface area contributed by atoms with E-state index in [4.69, 9.17) is 5.73 Å². The number of nitrogens with one attached hydrogen (secondary N) is 1. The Balaban J connectivity index is 1.85. The van der Waals surface area contributed by atoms with E-state index in [0.717, 1.165) is 5.69 Å². The van der Waals surface area contributed by atoms with Crippen LogP contribution in [0.5, 0.6) is 0 Å². The Morgan fingerprint density at radius 3 is 2.68 bits per heavy atom. The van der Waals surface area contributed by atoms with Crippen LogP contribution in [0.25, 0.3) is 0 Å². The molecule has 0 aliphatic rings. The van der Waals surface area contributed by atoms with E-state index in [1.54, 1.807) is 60.7 Å². The molecule has 3 aromatic rings. The average molecular weight is 336 g/mol. The van der Waals surface area contributed by atoms with Gasteiger partial charge in [-0.2, -0.15) is 0 Å². The molecule has 0 saturated heterocycles. The molecule has 0 bridgehead atoms. The van der Waals surface area contributed by atoms with Gasteiger partial charge in [0, 0.05) is 35.9 Å². The third-order valence-corrected chi connectivity index (χ3v) is 3.71. The van der Waals surface area contributed by atoms with Gasteiger partial charge in [-0.3, -0.25) is 9.78 Å². The Hall–Kier alpha value is -3.41. The summed E-state index contributed by atoms with van der Waals surface area (Å²) in [7, 11) is 1.80. The largest absolute Gasteiger partial charge is 0.399 e. The normalized spacial score (nSPS) is 10.3. The van der Waals surface area contributed by atoms with Crippen molar-refractivity contribution in [1.29, 1.82) is 0 Å². The summed E-state index contributed by atoms with van der Waals surface area (Å²) < 4.78 is 14.0. The average Bonchev–Trinajstić information content (AvgIpc) is 2.61. The van der Waals surface area contributed by atoms with Gasteiger partial charge in [0.1, 0.15) is 5.82 Å². The van der Waals surface area contributed by atoms with Crippen LogP contribution in [0.2, 0.25) is 0 Å². The molecule has 1 heterocycles. The maximum absolute atomic E-state index is 14.0. The molecule has 0 aliphatic heterocycles. The lowest BCUT2D eigenvalue weighted by Crippen LogP contribution is -2.14. The molecule has 1 aromatic heterocycles. The van der Waals surface area contributed by atoms with Gasteiger partial charge in [0.05, 0.1) is 11.9 Å². The molecule has 0 fully saturated rings. The van der Waals surface area contributed by atoms with Crippen LogP contribution in [0.15, 0.2) is 67.0 Å². The maximum Gasteiger partial charge on any atom is 0.255 e. The number of aromatic nitrogens is 1. The van der Waals surface area contributed by atoms with E-state index in [1.165, 1.54) is 12.1 Å². The van der Waals surface area contributed by atoms with E-state index >= 15 is 0 Å². The zero-order valence-electron chi connectivity index (χ0n) is 13.6. The number of pyridine rings is 1. The highest BCUT2D eigenvalue weighted by Gasteiger charge is 2.11. The topological polar surface area (TPSA) is 71.2 Å². The number of nitrogen functional groups attached to an aromatic ring is 1. The van der Waals surface area contributed by atoms with E-state index in [0.29, 0.717) is 22.6 Å². The molecule has 126 valence electrons. The van der Waals surface area contributed by atoms with Crippen molar-refractivity contribution >= 4 is 28.7 Å². The fourth-order valence-electron chi connectivity index (χ4n) is 2.42. The summed E-state index contributed by atoms with van der Waals surface area (Å²) in [6.07, 6.45) is 3.34. The lowest BCUT2D eigenvalue weighted by molar-refractivity contribution is 0.102. The lowest BCUT2D eigenvalue weighted by Gasteiger charge is -2.20. The molecule has 2 aromatic carbocycles. The van der Waals surface area contributed by atoms with E-state index in [-0.39, 0.29) is 5.91 Å². The number of halogens is 1. The number of hydrogen-bond acceptors (Lipinski definition) is 4. The number of carbonyl (C=O) groups is 1. The Kier molecular flexibility index (Phi) is 4.61. The number of rotatable bonds is 4. The lowest BCUT2D eigenvalue weighted by atomic mass is 10.2. The molecule has 5 nitrogen and oxygen atoms in total. The minimum Gasteiger partial charge on any atom is -0.399 e. The number of carbonyl (C=O) groups excluding carboxylic acids is 1. The SMILES string of the molecule is CN(c1cccnc1)c1cc(F)cc(NC(=O)c2cccc(N)c2)c1. The smallest absolute Gasteiger partial charge is 0.255 e. The zero-order valence-corrected chi connectivity index (χ0v) is 13.6. The first-order chi connectivity index (χ1) is 12.0. The molecule has 0 aliphatic carbocycles. The van der Waals surface area contributed by atoms with Crippen molar-refractivity contribution in [2.75, 3.05) is 23.0 Å². The summed E-state index contributed by atoms with van der Waals surface area (Å²) in [6.45, 7) is 0. The molecule has 0 unspecified atom stereocenters. The van der Waals surface area contributed by atoms with Crippen molar-refractivity contribution in [1.82, 2.24) is 4.98 Å². The van der Waals surface area contributed by atoms with Crippen molar-refractivity contribution in [3.63, 3.8) is 0 Å². The number of anilines is 4. The molecule has 25 heavy (non-hydrogen) atoms. The molecule has 3 rings (SSSR count). The standard InChI is InChI=1S/C19H17FN4O/c1-24(17-6-3-7-22-12-17)18-10-14(20)9-16(11-18)23-19(25)13-4-2-5-15(21)8-13/h2-12H,21H2,1H3,(H,23,25). The van der Waals surface area contributed by atoms with Gasteiger partial charge in [0.15, 0.2) is 0 Å². The third-order valence-electron chi connectivity index (χ3n) is 3.71. The van der Waals surface area contributed by atoms with Crippen LogP contribution in [0.4, 0.5) is 27.1 Å². The highest BCUT2D eigenvalue weighted by atomic mass is 19.1. The van der Waals surface area contributed by atoms with Crippen LogP contribution in [0.1, 0.15) is 10.4 Å². The third kappa shape index (κ3) is 3.92. The fourth-order valence-corrected chi connectivity index (χ4v) is 2.42. The van der Waals surface area contributed by atoms with Crippen LogP contribution >= 0.6 is 0 Å². The van der Waals surface area contributed by atoms with Gasteiger partial charge in [0.2, 0.25) is 0 Å². The Bertz CT molecular complexity index is 899. The molecule has 3 N–H and O–H groups in total. The predicted molar refractivity (Wildman–Crippen MR) is 97.5 cm³/mol. The first-order valence-electron chi connectivity index (χ1n) is 7.64. The summed E-state index contributed by atoms with van der Waals surface area (Å²) >= 11 is 0. The summed E-state index contributed by atoms with van der Waals surface area (Å²) in [5, 5.41) is 2.70. The Morgan fingerprint density at radius 2 is 1.96 bits per heavy atom. The number of nitrogens with zero attached hydrogens (tertiary/aromatic N) is 2. The monoisotopic (exact) mass is 336 g/mol. The van der Waals surface area contributed by atoms with Gasteiger partial charge in [-0.1, -0.05) is 6.07 Å². The van der Waals surface area contributed by atoms with E-state index in [9.17, 15) is 9.18 Å². The highest BCUT2D eigenvalue weighted by molar-refractivity contribution is 6.05. The van der Waals surface area contributed by atoms with Gasteiger partial charge in [-0.25, -0.2) is 4.39 Å². The van der Waals surface area contributed by atoms with E-state index < -0.39 is 5.82 Å². The van der Waals surface area contributed by atoms with Gasteiger partial charge >= 0.3 is 0 Å². The van der Waals surface area contributed by atoms with Crippen LogP contribution in [-0.2, 0) is 0 Å². The van der Waals surface area contributed by atoms with Crippen molar-refractivity contribution < 1.29 is 9.18 Å². The van der Waals surface area contributed by atoms with Crippen molar-refractivity contribution in [2.45, 2.75) is 0 Å². The molecule has 0 saturated carbocycles. The molecule has 0 atom stereocenters. The van der Waals surface area contributed by atoms with Crippen LogP contribution in [-0.4, -0.2) is 17.9 Å². The van der Waals surface area contributed by atoms with E-state index in [2.05, 4.69) is 10.3 Å². The van der Waals surface area contributed by atoms with Gasteiger partial charge in [-0.15, -0.1) is 0 Å². The van der Waals surface area contributed by atoms with Crippen LogP contribution in [0.3, 0.4) is 0 Å². The minimum absolute atomic E-state index is 0.354.